The Hall–Kier alpha value is -2.20. The van der Waals surface area contributed by atoms with Gasteiger partial charge in [0.25, 0.3) is 0 Å². The molecule has 98 valence electrons. The van der Waals surface area contributed by atoms with Gasteiger partial charge in [-0.2, -0.15) is 10.5 Å². The van der Waals surface area contributed by atoms with E-state index in [1.54, 1.807) is 36.4 Å². The SMILES string of the molecule is N#Cc1ccc(COc2cccc(Cl)c2C#N)c(Cl)c1. The van der Waals surface area contributed by atoms with Crippen molar-refractivity contribution >= 4 is 23.2 Å². The summed E-state index contributed by atoms with van der Waals surface area (Å²) >= 11 is 12.0. The predicted molar refractivity (Wildman–Crippen MR) is 76.7 cm³/mol. The van der Waals surface area contributed by atoms with Gasteiger partial charge in [0.15, 0.2) is 0 Å². The minimum absolute atomic E-state index is 0.194. The van der Waals surface area contributed by atoms with Crippen LogP contribution in [0.25, 0.3) is 0 Å². The molecule has 0 aliphatic heterocycles. The number of hydrogen-bond donors (Lipinski definition) is 0. The van der Waals surface area contributed by atoms with Crippen molar-refractivity contribution in [3.8, 4) is 17.9 Å². The van der Waals surface area contributed by atoms with E-state index in [2.05, 4.69) is 0 Å². The van der Waals surface area contributed by atoms with E-state index in [1.165, 1.54) is 0 Å². The van der Waals surface area contributed by atoms with Crippen molar-refractivity contribution in [1.82, 2.24) is 0 Å². The van der Waals surface area contributed by atoms with Crippen molar-refractivity contribution in [1.29, 1.82) is 10.5 Å². The Morgan fingerprint density at radius 3 is 2.45 bits per heavy atom. The Morgan fingerprint density at radius 1 is 1.00 bits per heavy atom. The van der Waals surface area contributed by atoms with Gasteiger partial charge >= 0.3 is 0 Å². The molecule has 0 saturated heterocycles. The van der Waals surface area contributed by atoms with Crippen LogP contribution in [0.5, 0.6) is 5.75 Å². The third-order valence-electron chi connectivity index (χ3n) is 2.65. The van der Waals surface area contributed by atoms with Gasteiger partial charge in [-0.05, 0) is 24.3 Å². The molecule has 0 N–H and O–H groups in total. The van der Waals surface area contributed by atoms with Crippen molar-refractivity contribution in [2.75, 3.05) is 0 Å². The molecule has 2 rings (SSSR count). The lowest BCUT2D eigenvalue weighted by Crippen LogP contribution is -1.98. The summed E-state index contributed by atoms with van der Waals surface area (Å²) in [4.78, 5) is 0. The number of nitrogens with zero attached hydrogens (tertiary/aromatic N) is 2. The molecule has 0 amide bonds. The first-order valence-corrected chi connectivity index (χ1v) is 6.41. The quantitative estimate of drug-likeness (QED) is 0.848. The minimum atomic E-state index is 0.194. The maximum absolute atomic E-state index is 9.04. The maximum atomic E-state index is 9.04. The van der Waals surface area contributed by atoms with Crippen molar-refractivity contribution in [3.05, 3.63) is 63.1 Å². The second kappa shape index (κ2) is 6.30. The number of hydrogen-bond acceptors (Lipinski definition) is 3. The van der Waals surface area contributed by atoms with E-state index in [9.17, 15) is 0 Å². The summed E-state index contributed by atoms with van der Waals surface area (Å²) in [6.45, 7) is 0.194. The third kappa shape index (κ3) is 3.03. The topological polar surface area (TPSA) is 56.8 Å². The van der Waals surface area contributed by atoms with Crippen LogP contribution in [0.4, 0.5) is 0 Å². The monoisotopic (exact) mass is 302 g/mol. The lowest BCUT2D eigenvalue weighted by molar-refractivity contribution is 0.305. The molecule has 0 saturated carbocycles. The second-order valence-corrected chi connectivity index (χ2v) is 4.75. The first-order chi connectivity index (χ1) is 9.65. The molecule has 0 fully saturated rings. The average molecular weight is 303 g/mol. The summed E-state index contributed by atoms with van der Waals surface area (Å²) in [5.41, 5.74) is 1.51. The molecule has 5 heteroatoms. The van der Waals surface area contributed by atoms with Crippen LogP contribution in [0, 0.1) is 22.7 Å². The number of rotatable bonds is 3. The fourth-order valence-electron chi connectivity index (χ4n) is 1.62. The average Bonchev–Trinajstić information content (AvgIpc) is 2.46. The van der Waals surface area contributed by atoms with Gasteiger partial charge in [-0.1, -0.05) is 35.3 Å². The molecule has 2 aromatic carbocycles. The van der Waals surface area contributed by atoms with Crippen molar-refractivity contribution in [2.45, 2.75) is 6.61 Å². The molecule has 0 unspecified atom stereocenters. The smallest absolute Gasteiger partial charge is 0.139 e. The molecule has 0 radical (unpaired) electrons. The zero-order valence-electron chi connectivity index (χ0n) is 10.2. The highest BCUT2D eigenvalue weighted by Crippen LogP contribution is 2.27. The normalized spacial score (nSPS) is 9.60. The molecule has 20 heavy (non-hydrogen) atoms. The van der Waals surface area contributed by atoms with Gasteiger partial charge in [-0.15, -0.1) is 0 Å². The molecular formula is C15H8Cl2N2O. The summed E-state index contributed by atoms with van der Waals surface area (Å²) in [7, 11) is 0. The Kier molecular flexibility index (Phi) is 4.48. The Labute approximate surface area is 126 Å². The molecule has 0 bridgehead atoms. The van der Waals surface area contributed by atoms with Gasteiger partial charge in [0, 0.05) is 10.6 Å². The fraction of sp³-hybridized carbons (Fsp3) is 0.0667. The van der Waals surface area contributed by atoms with Gasteiger partial charge in [-0.3, -0.25) is 0 Å². The molecule has 0 aliphatic rings. The summed E-state index contributed by atoms with van der Waals surface area (Å²) < 4.78 is 5.57. The predicted octanol–water partition coefficient (Wildman–Crippen LogP) is 4.32. The van der Waals surface area contributed by atoms with Crippen LogP contribution in [0.15, 0.2) is 36.4 Å². The van der Waals surface area contributed by atoms with E-state index < -0.39 is 0 Å². The Balaban J connectivity index is 2.20. The van der Waals surface area contributed by atoms with Crippen LogP contribution in [-0.4, -0.2) is 0 Å². The second-order valence-electron chi connectivity index (χ2n) is 3.93. The highest BCUT2D eigenvalue weighted by molar-refractivity contribution is 6.32. The van der Waals surface area contributed by atoms with Crippen molar-refractivity contribution < 1.29 is 4.74 Å². The van der Waals surface area contributed by atoms with Crippen molar-refractivity contribution in [2.24, 2.45) is 0 Å². The van der Waals surface area contributed by atoms with Crippen LogP contribution in [-0.2, 0) is 6.61 Å². The van der Waals surface area contributed by atoms with Crippen LogP contribution in [0.2, 0.25) is 10.0 Å². The van der Waals surface area contributed by atoms with Crippen LogP contribution in [0.3, 0.4) is 0 Å². The number of halogens is 2. The van der Waals surface area contributed by atoms with Crippen LogP contribution in [0.1, 0.15) is 16.7 Å². The van der Waals surface area contributed by atoms with Crippen LogP contribution >= 0.6 is 23.2 Å². The first-order valence-electron chi connectivity index (χ1n) is 5.65. The van der Waals surface area contributed by atoms with Gasteiger partial charge in [0.1, 0.15) is 24.0 Å². The summed E-state index contributed by atoms with van der Waals surface area (Å²) in [6, 6.07) is 14.0. The number of nitriles is 2. The minimum Gasteiger partial charge on any atom is -0.487 e. The van der Waals surface area contributed by atoms with Gasteiger partial charge in [0.2, 0.25) is 0 Å². The first kappa shape index (κ1) is 14.2. The molecule has 2 aromatic rings. The Bertz CT molecular complexity index is 730. The zero-order chi connectivity index (χ0) is 14.5. The Morgan fingerprint density at radius 2 is 1.80 bits per heavy atom. The van der Waals surface area contributed by atoms with E-state index in [0.29, 0.717) is 26.9 Å². The van der Waals surface area contributed by atoms with E-state index in [-0.39, 0.29) is 6.61 Å². The molecule has 0 spiro atoms. The molecule has 0 atom stereocenters. The molecule has 3 nitrogen and oxygen atoms in total. The van der Waals surface area contributed by atoms with Gasteiger partial charge < -0.3 is 4.74 Å². The third-order valence-corrected chi connectivity index (χ3v) is 3.32. The summed E-state index contributed by atoms with van der Waals surface area (Å²) in [5, 5.41) is 18.6. The standard InChI is InChI=1S/C15H8Cl2N2O/c16-13-2-1-3-15(12(13)8-19)20-9-11-5-4-10(7-18)6-14(11)17/h1-6H,9H2. The summed E-state index contributed by atoms with van der Waals surface area (Å²) in [5.74, 6) is 0.403. The van der Waals surface area contributed by atoms with E-state index in [1.807, 2.05) is 12.1 Å². The molecule has 0 aromatic heterocycles. The van der Waals surface area contributed by atoms with E-state index in [0.717, 1.165) is 5.56 Å². The lowest BCUT2D eigenvalue weighted by Gasteiger charge is -2.10. The summed E-state index contributed by atoms with van der Waals surface area (Å²) in [6.07, 6.45) is 0. The largest absolute Gasteiger partial charge is 0.487 e. The van der Waals surface area contributed by atoms with E-state index >= 15 is 0 Å². The number of benzene rings is 2. The maximum Gasteiger partial charge on any atom is 0.139 e. The fourth-order valence-corrected chi connectivity index (χ4v) is 2.07. The lowest BCUT2D eigenvalue weighted by atomic mass is 10.1. The van der Waals surface area contributed by atoms with Crippen molar-refractivity contribution in [3.63, 3.8) is 0 Å². The highest BCUT2D eigenvalue weighted by atomic mass is 35.5. The highest BCUT2D eigenvalue weighted by Gasteiger charge is 2.09. The number of ether oxygens (including phenoxy) is 1. The van der Waals surface area contributed by atoms with E-state index in [4.69, 9.17) is 38.5 Å². The zero-order valence-corrected chi connectivity index (χ0v) is 11.7. The van der Waals surface area contributed by atoms with Gasteiger partial charge in [-0.25, -0.2) is 0 Å². The molecular weight excluding hydrogens is 295 g/mol. The molecule has 0 heterocycles. The molecule has 0 aliphatic carbocycles. The van der Waals surface area contributed by atoms with Gasteiger partial charge in [0.05, 0.1) is 16.7 Å². The van der Waals surface area contributed by atoms with Crippen LogP contribution < -0.4 is 4.74 Å².